The van der Waals surface area contributed by atoms with Gasteiger partial charge in [0.2, 0.25) is 6.08 Å². The summed E-state index contributed by atoms with van der Waals surface area (Å²) in [5, 5.41) is 9.60. The molecular formula is C13H15NO2. The molecule has 1 saturated carbocycles. The largest absolute Gasteiger partial charge is 0.508 e. The summed E-state index contributed by atoms with van der Waals surface area (Å²) in [5.74, 6) is 0.238. The molecule has 3 heteroatoms. The van der Waals surface area contributed by atoms with Crippen LogP contribution in [0.25, 0.3) is 0 Å². The maximum atomic E-state index is 10.6. The van der Waals surface area contributed by atoms with Crippen LogP contribution in [0.3, 0.4) is 0 Å². The van der Waals surface area contributed by atoms with Crippen LogP contribution >= 0.6 is 0 Å². The lowest BCUT2D eigenvalue weighted by Crippen LogP contribution is -2.18. The van der Waals surface area contributed by atoms with Crippen LogP contribution in [-0.4, -0.2) is 11.2 Å². The number of benzene rings is 1. The molecule has 0 bridgehead atoms. The highest BCUT2D eigenvalue weighted by Crippen LogP contribution is 2.43. The molecule has 2 rings (SSSR count). The third-order valence-corrected chi connectivity index (χ3v) is 3.29. The van der Waals surface area contributed by atoms with Gasteiger partial charge in [0.1, 0.15) is 5.75 Å². The first-order valence-corrected chi connectivity index (χ1v) is 5.56. The van der Waals surface area contributed by atoms with Gasteiger partial charge in [0, 0.05) is 0 Å². The van der Waals surface area contributed by atoms with Gasteiger partial charge in [-0.2, -0.15) is 4.99 Å². The molecule has 0 radical (unpaired) electrons. The summed E-state index contributed by atoms with van der Waals surface area (Å²) in [7, 11) is 0. The lowest BCUT2D eigenvalue weighted by atomic mass is 9.88. The lowest BCUT2D eigenvalue weighted by Gasteiger charge is -2.23. The summed E-state index contributed by atoms with van der Waals surface area (Å²) in [6, 6.07) is 5.40. The summed E-state index contributed by atoms with van der Waals surface area (Å²) >= 11 is 0. The molecule has 16 heavy (non-hydrogen) atoms. The average Bonchev–Trinajstić information content (AvgIpc) is 2.66. The summed E-state index contributed by atoms with van der Waals surface area (Å²) in [5.41, 5.74) is 1.49. The summed E-state index contributed by atoms with van der Waals surface area (Å²) in [6.45, 7) is 1.93. The zero-order valence-electron chi connectivity index (χ0n) is 9.36. The van der Waals surface area contributed by atoms with Crippen LogP contribution in [0.4, 0.5) is 0 Å². The normalized spacial score (nSPS) is 18.1. The van der Waals surface area contributed by atoms with Crippen LogP contribution in [0.15, 0.2) is 23.2 Å². The van der Waals surface area contributed by atoms with Crippen LogP contribution in [0.1, 0.15) is 36.8 Å². The van der Waals surface area contributed by atoms with Crippen molar-refractivity contribution in [1.29, 1.82) is 0 Å². The predicted octanol–water partition coefficient (Wildman–Crippen LogP) is 2.81. The first-order chi connectivity index (χ1) is 7.66. The van der Waals surface area contributed by atoms with Crippen molar-refractivity contribution in [3.63, 3.8) is 0 Å². The second kappa shape index (κ2) is 4.11. The molecule has 0 aliphatic heterocycles. The fourth-order valence-electron chi connectivity index (χ4n) is 2.54. The molecule has 0 heterocycles. The van der Waals surface area contributed by atoms with Crippen molar-refractivity contribution in [2.45, 2.75) is 38.1 Å². The molecule has 0 aromatic heterocycles. The number of aryl methyl sites for hydroxylation is 1. The van der Waals surface area contributed by atoms with Gasteiger partial charge in [0.25, 0.3) is 0 Å². The van der Waals surface area contributed by atoms with Crippen molar-refractivity contribution in [3.05, 3.63) is 29.3 Å². The van der Waals surface area contributed by atoms with Crippen LogP contribution in [0.5, 0.6) is 5.75 Å². The fourth-order valence-corrected chi connectivity index (χ4v) is 2.54. The van der Waals surface area contributed by atoms with E-state index in [1.54, 1.807) is 18.2 Å². The molecule has 0 spiro atoms. The van der Waals surface area contributed by atoms with E-state index in [-0.39, 0.29) is 5.75 Å². The molecule has 84 valence electrons. The number of hydrogen-bond acceptors (Lipinski definition) is 3. The standard InChI is InChI=1S/C13H15NO2/c1-10-6-11(8-12(16)7-10)13(14-9-15)4-2-3-5-13/h6-8,16H,2-5H2,1H3. The van der Waals surface area contributed by atoms with Gasteiger partial charge in [-0.25, -0.2) is 4.79 Å². The van der Waals surface area contributed by atoms with E-state index in [4.69, 9.17) is 0 Å². The van der Waals surface area contributed by atoms with Gasteiger partial charge in [-0.05, 0) is 43.0 Å². The summed E-state index contributed by atoms with van der Waals surface area (Å²) < 4.78 is 0. The molecule has 1 fully saturated rings. The number of hydrogen-bond donors (Lipinski definition) is 1. The van der Waals surface area contributed by atoms with Crippen LogP contribution in [-0.2, 0) is 10.3 Å². The quantitative estimate of drug-likeness (QED) is 0.611. The Morgan fingerprint density at radius 3 is 2.56 bits per heavy atom. The fraction of sp³-hybridized carbons (Fsp3) is 0.462. The highest BCUT2D eigenvalue weighted by Gasteiger charge is 2.35. The molecular weight excluding hydrogens is 202 g/mol. The number of nitrogens with zero attached hydrogens (tertiary/aromatic N) is 1. The Bertz CT molecular complexity index is 421. The molecule has 1 aliphatic rings. The smallest absolute Gasteiger partial charge is 0.235 e. The number of isocyanates is 1. The number of carbonyl (C=O) groups excluding carboxylic acids is 1. The number of phenols is 1. The minimum atomic E-state index is -0.439. The average molecular weight is 217 g/mol. The first-order valence-electron chi connectivity index (χ1n) is 5.56. The van der Waals surface area contributed by atoms with E-state index in [1.165, 1.54) is 0 Å². The van der Waals surface area contributed by atoms with Crippen molar-refractivity contribution < 1.29 is 9.90 Å². The van der Waals surface area contributed by atoms with Gasteiger partial charge in [0.05, 0.1) is 5.54 Å². The van der Waals surface area contributed by atoms with Crippen molar-refractivity contribution >= 4 is 6.08 Å². The van der Waals surface area contributed by atoms with Gasteiger partial charge in [-0.3, -0.25) is 0 Å². The van der Waals surface area contributed by atoms with Gasteiger partial charge >= 0.3 is 0 Å². The summed E-state index contributed by atoms with van der Waals surface area (Å²) in [6.07, 6.45) is 5.55. The van der Waals surface area contributed by atoms with Crippen molar-refractivity contribution in [1.82, 2.24) is 0 Å². The predicted molar refractivity (Wildman–Crippen MR) is 61.1 cm³/mol. The lowest BCUT2D eigenvalue weighted by molar-refractivity contribution is 0.443. The van der Waals surface area contributed by atoms with E-state index in [0.29, 0.717) is 0 Å². The zero-order valence-corrected chi connectivity index (χ0v) is 9.36. The van der Waals surface area contributed by atoms with E-state index in [2.05, 4.69) is 4.99 Å². The van der Waals surface area contributed by atoms with E-state index in [1.807, 2.05) is 13.0 Å². The molecule has 1 N–H and O–H groups in total. The van der Waals surface area contributed by atoms with Gasteiger partial charge < -0.3 is 5.11 Å². The number of rotatable bonds is 2. The Labute approximate surface area is 94.8 Å². The molecule has 3 nitrogen and oxygen atoms in total. The molecule has 1 aliphatic carbocycles. The Morgan fingerprint density at radius 1 is 1.31 bits per heavy atom. The number of aliphatic imine (C=N–C) groups is 1. The molecule has 0 unspecified atom stereocenters. The second-order valence-electron chi connectivity index (χ2n) is 4.50. The number of phenolic OH excluding ortho intramolecular Hbond substituents is 1. The van der Waals surface area contributed by atoms with Crippen molar-refractivity contribution in [2.75, 3.05) is 0 Å². The molecule has 1 aromatic rings. The van der Waals surface area contributed by atoms with Crippen molar-refractivity contribution in [2.24, 2.45) is 4.99 Å². The van der Waals surface area contributed by atoms with Crippen LogP contribution in [0.2, 0.25) is 0 Å². The molecule has 0 saturated heterocycles. The molecule has 0 atom stereocenters. The maximum absolute atomic E-state index is 10.6. The topological polar surface area (TPSA) is 49.7 Å². The monoisotopic (exact) mass is 217 g/mol. The van der Waals surface area contributed by atoms with Crippen LogP contribution in [0, 0.1) is 6.92 Å². The summed E-state index contributed by atoms with van der Waals surface area (Å²) in [4.78, 5) is 14.5. The number of aromatic hydroxyl groups is 1. The minimum Gasteiger partial charge on any atom is -0.508 e. The highest BCUT2D eigenvalue weighted by molar-refractivity contribution is 5.42. The van der Waals surface area contributed by atoms with E-state index in [9.17, 15) is 9.90 Å². The SMILES string of the molecule is Cc1cc(O)cc(C2(N=C=O)CCCC2)c1. The minimum absolute atomic E-state index is 0.238. The Hall–Kier alpha value is -1.60. The molecule has 1 aromatic carbocycles. The maximum Gasteiger partial charge on any atom is 0.235 e. The van der Waals surface area contributed by atoms with Gasteiger partial charge in [-0.1, -0.05) is 18.9 Å². The third-order valence-electron chi connectivity index (χ3n) is 3.29. The Morgan fingerprint density at radius 2 is 2.00 bits per heavy atom. The van der Waals surface area contributed by atoms with Crippen molar-refractivity contribution in [3.8, 4) is 5.75 Å². The van der Waals surface area contributed by atoms with E-state index in [0.717, 1.165) is 36.8 Å². The van der Waals surface area contributed by atoms with Crippen LogP contribution < -0.4 is 0 Å². The second-order valence-corrected chi connectivity index (χ2v) is 4.50. The highest BCUT2D eigenvalue weighted by atomic mass is 16.3. The third kappa shape index (κ3) is 1.86. The van der Waals surface area contributed by atoms with E-state index < -0.39 is 5.54 Å². The Kier molecular flexibility index (Phi) is 2.80. The zero-order chi connectivity index (χ0) is 11.6. The van der Waals surface area contributed by atoms with E-state index >= 15 is 0 Å². The first kappa shape index (κ1) is 10.9. The Balaban J connectivity index is 2.50. The molecule has 0 amide bonds. The van der Waals surface area contributed by atoms with Gasteiger partial charge in [0.15, 0.2) is 0 Å². The van der Waals surface area contributed by atoms with Gasteiger partial charge in [-0.15, -0.1) is 0 Å².